The highest BCUT2D eigenvalue weighted by Gasteiger charge is 2.34. The molecule has 1 fully saturated rings. The molecule has 1 aliphatic rings. The Balaban J connectivity index is 2.07. The van der Waals surface area contributed by atoms with Crippen molar-refractivity contribution in [1.29, 1.82) is 0 Å². The maximum Gasteiger partial charge on any atom is 0.0200 e. The highest BCUT2D eigenvalue weighted by atomic mass is 14.8. The van der Waals surface area contributed by atoms with Crippen molar-refractivity contribution < 1.29 is 0 Å². The van der Waals surface area contributed by atoms with Crippen LogP contribution in [0.1, 0.15) is 64.0 Å². The minimum absolute atomic E-state index is 0.0103. The van der Waals surface area contributed by atoms with Gasteiger partial charge in [0.25, 0.3) is 0 Å². The van der Waals surface area contributed by atoms with Gasteiger partial charge in [0.15, 0.2) is 0 Å². The molecular formula is C18H29N. The minimum Gasteiger partial charge on any atom is -0.325 e. The molecule has 1 nitrogen and oxygen atoms in total. The van der Waals surface area contributed by atoms with Crippen LogP contribution in [0.5, 0.6) is 0 Å². The number of hydrogen-bond donors (Lipinski definition) is 1. The molecule has 0 bridgehead atoms. The summed E-state index contributed by atoms with van der Waals surface area (Å²) in [5.74, 6) is 2.14. The van der Waals surface area contributed by atoms with Gasteiger partial charge in [-0.2, -0.15) is 0 Å². The summed E-state index contributed by atoms with van der Waals surface area (Å²) in [6.07, 6.45) is 4.71. The van der Waals surface area contributed by atoms with Crippen LogP contribution in [0.4, 0.5) is 0 Å². The fourth-order valence-corrected chi connectivity index (χ4v) is 3.90. The van der Waals surface area contributed by atoms with Gasteiger partial charge < -0.3 is 5.73 Å². The molecule has 0 saturated heterocycles. The van der Waals surface area contributed by atoms with Crippen molar-refractivity contribution >= 4 is 0 Å². The predicted molar refractivity (Wildman–Crippen MR) is 83.3 cm³/mol. The van der Waals surface area contributed by atoms with Crippen molar-refractivity contribution in [2.75, 3.05) is 0 Å². The van der Waals surface area contributed by atoms with Crippen LogP contribution >= 0.6 is 0 Å². The highest BCUT2D eigenvalue weighted by molar-refractivity contribution is 5.26. The van der Waals surface area contributed by atoms with Gasteiger partial charge in [0, 0.05) is 5.54 Å². The SMILES string of the molecule is CC1CC(C)CC(N)(Cc2ccc(C(C)C)cc2)C1. The first-order valence-electron chi connectivity index (χ1n) is 7.76. The van der Waals surface area contributed by atoms with Crippen LogP contribution in [0.25, 0.3) is 0 Å². The minimum atomic E-state index is 0.0103. The normalized spacial score (nSPS) is 31.7. The zero-order chi connectivity index (χ0) is 14.0. The molecule has 2 unspecified atom stereocenters. The molecule has 1 aliphatic carbocycles. The molecule has 0 radical (unpaired) electrons. The van der Waals surface area contributed by atoms with Crippen molar-refractivity contribution in [3.05, 3.63) is 35.4 Å². The molecule has 19 heavy (non-hydrogen) atoms. The summed E-state index contributed by atoms with van der Waals surface area (Å²) in [4.78, 5) is 0. The van der Waals surface area contributed by atoms with Gasteiger partial charge in [-0.25, -0.2) is 0 Å². The number of rotatable bonds is 3. The lowest BCUT2D eigenvalue weighted by molar-refractivity contribution is 0.182. The van der Waals surface area contributed by atoms with E-state index in [1.54, 1.807) is 0 Å². The lowest BCUT2D eigenvalue weighted by Crippen LogP contribution is -2.48. The first-order chi connectivity index (χ1) is 8.88. The third-order valence-electron chi connectivity index (χ3n) is 4.52. The Labute approximate surface area is 118 Å². The fraction of sp³-hybridized carbons (Fsp3) is 0.667. The molecule has 0 aromatic heterocycles. The quantitative estimate of drug-likeness (QED) is 0.849. The zero-order valence-electron chi connectivity index (χ0n) is 12.9. The molecule has 2 atom stereocenters. The largest absolute Gasteiger partial charge is 0.325 e. The van der Waals surface area contributed by atoms with Gasteiger partial charge in [0.05, 0.1) is 0 Å². The fourth-order valence-electron chi connectivity index (χ4n) is 3.90. The van der Waals surface area contributed by atoms with E-state index in [4.69, 9.17) is 5.73 Å². The van der Waals surface area contributed by atoms with Crippen LogP contribution in [-0.4, -0.2) is 5.54 Å². The third-order valence-corrected chi connectivity index (χ3v) is 4.52. The summed E-state index contributed by atoms with van der Waals surface area (Å²) >= 11 is 0. The van der Waals surface area contributed by atoms with Gasteiger partial charge in [0.1, 0.15) is 0 Å². The van der Waals surface area contributed by atoms with Crippen molar-refractivity contribution in [3.8, 4) is 0 Å². The zero-order valence-corrected chi connectivity index (χ0v) is 12.9. The van der Waals surface area contributed by atoms with Gasteiger partial charge in [-0.1, -0.05) is 52.0 Å². The number of hydrogen-bond acceptors (Lipinski definition) is 1. The van der Waals surface area contributed by atoms with Crippen LogP contribution in [-0.2, 0) is 6.42 Å². The first-order valence-corrected chi connectivity index (χ1v) is 7.76. The van der Waals surface area contributed by atoms with Gasteiger partial charge >= 0.3 is 0 Å². The summed E-state index contributed by atoms with van der Waals surface area (Å²) in [7, 11) is 0. The van der Waals surface area contributed by atoms with Crippen molar-refractivity contribution in [3.63, 3.8) is 0 Å². The van der Waals surface area contributed by atoms with Crippen LogP contribution in [0, 0.1) is 11.8 Å². The van der Waals surface area contributed by atoms with Gasteiger partial charge in [0.2, 0.25) is 0 Å². The molecule has 0 amide bonds. The van der Waals surface area contributed by atoms with E-state index in [2.05, 4.69) is 52.0 Å². The Bertz CT molecular complexity index is 394. The molecule has 0 heterocycles. The molecular weight excluding hydrogens is 230 g/mol. The highest BCUT2D eigenvalue weighted by Crippen LogP contribution is 2.36. The average Bonchev–Trinajstić information content (AvgIpc) is 2.26. The molecule has 0 spiro atoms. The maximum absolute atomic E-state index is 6.67. The molecule has 106 valence electrons. The van der Waals surface area contributed by atoms with E-state index in [0.717, 1.165) is 18.3 Å². The lowest BCUT2D eigenvalue weighted by Gasteiger charge is -2.40. The summed E-state index contributed by atoms with van der Waals surface area (Å²) in [6, 6.07) is 9.07. The molecule has 1 saturated carbocycles. The van der Waals surface area contributed by atoms with Gasteiger partial charge in [-0.3, -0.25) is 0 Å². The van der Waals surface area contributed by atoms with E-state index < -0.39 is 0 Å². The van der Waals surface area contributed by atoms with E-state index in [-0.39, 0.29) is 5.54 Å². The second-order valence-corrected chi connectivity index (χ2v) is 7.29. The van der Waals surface area contributed by atoms with Gasteiger partial charge in [-0.15, -0.1) is 0 Å². The summed E-state index contributed by atoms with van der Waals surface area (Å²) in [6.45, 7) is 9.17. The Morgan fingerprint density at radius 1 is 1.11 bits per heavy atom. The lowest BCUT2D eigenvalue weighted by atomic mass is 9.70. The average molecular weight is 259 g/mol. The Hall–Kier alpha value is -0.820. The predicted octanol–water partition coefficient (Wildman–Crippen LogP) is 4.51. The van der Waals surface area contributed by atoms with E-state index in [1.807, 2.05) is 0 Å². The van der Waals surface area contributed by atoms with E-state index in [9.17, 15) is 0 Å². The second-order valence-electron chi connectivity index (χ2n) is 7.29. The molecule has 2 rings (SSSR count). The number of benzene rings is 1. The van der Waals surface area contributed by atoms with Crippen LogP contribution < -0.4 is 5.73 Å². The van der Waals surface area contributed by atoms with Gasteiger partial charge in [-0.05, 0) is 54.6 Å². The summed E-state index contributed by atoms with van der Waals surface area (Å²) in [5, 5.41) is 0. The summed E-state index contributed by atoms with van der Waals surface area (Å²) < 4.78 is 0. The van der Waals surface area contributed by atoms with Crippen LogP contribution in [0.3, 0.4) is 0 Å². The van der Waals surface area contributed by atoms with Crippen LogP contribution in [0.2, 0.25) is 0 Å². The summed E-state index contributed by atoms with van der Waals surface area (Å²) in [5.41, 5.74) is 9.49. The van der Waals surface area contributed by atoms with Crippen molar-refractivity contribution in [2.24, 2.45) is 17.6 Å². The topological polar surface area (TPSA) is 26.0 Å². The van der Waals surface area contributed by atoms with Crippen molar-refractivity contribution in [1.82, 2.24) is 0 Å². The smallest absolute Gasteiger partial charge is 0.0200 e. The second kappa shape index (κ2) is 5.66. The molecule has 2 N–H and O–H groups in total. The number of nitrogens with two attached hydrogens (primary N) is 1. The van der Waals surface area contributed by atoms with E-state index >= 15 is 0 Å². The Morgan fingerprint density at radius 3 is 2.11 bits per heavy atom. The van der Waals surface area contributed by atoms with Crippen LogP contribution in [0.15, 0.2) is 24.3 Å². The molecule has 1 heteroatoms. The maximum atomic E-state index is 6.67. The Morgan fingerprint density at radius 2 is 1.63 bits per heavy atom. The molecule has 1 aromatic carbocycles. The van der Waals surface area contributed by atoms with E-state index in [1.165, 1.54) is 30.4 Å². The molecule has 1 aromatic rings. The first kappa shape index (κ1) is 14.6. The standard InChI is InChI=1S/C18H29N/c1-13(2)17-7-5-16(6-8-17)12-18(19)10-14(3)9-15(4)11-18/h5-8,13-15H,9-12,19H2,1-4H3. The van der Waals surface area contributed by atoms with Crippen molar-refractivity contribution in [2.45, 2.75) is 64.8 Å². The monoisotopic (exact) mass is 259 g/mol. The third kappa shape index (κ3) is 3.82. The van der Waals surface area contributed by atoms with E-state index in [0.29, 0.717) is 5.92 Å². The molecule has 0 aliphatic heterocycles. The Kier molecular flexibility index (Phi) is 4.35.